The number of likely N-dealkylation sites (N-methyl/N-ethyl adjacent to an activating group) is 1. The van der Waals surface area contributed by atoms with Crippen LogP contribution in [0.1, 0.15) is 23.2 Å². The average molecular weight is 371 g/mol. The quantitative estimate of drug-likeness (QED) is 0.739. The van der Waals surface area contributed by atoms with Crippen LogP contribution >= 0.6 is 0 Å². The van der Waals surface area contributed by atoms with Crippen LogP contribution < -0.4 is 19.5 Å². The van der Waals surface area contributed by atoms with Gasteiger partial charge in [-0.05, 0) is 32.0 Å². The molecule has 2 rings (SSSR count). The Morgan fingerprint density at radius 2 is 2.04 bits per heavy atom. The molecular weight excluding hydrogens is 346 g/mol. The van der Waals surface area contributed by atoms with Crippen LogP contribution in [0, 0.1) is 0 Å². The fourth-order valence-corrected chi connectivity index (χ4v) is 3.63. The third-order valence-corrected chi connectivity index (χ3v) is 4.69. The van der Waals surface area contributed by atoms with Crippen LogP contribution in [-0.4, -0.2) is 65.9 Å². The summed E-state index contributed by atoms with van der Waals surface area (Å²) in [7, 11) is 1.17. The van der Waals surface area contributed by atoms with Crippen LogP contribution in [0.4, 0.5) is 5.69 Å². The summed E-state index contributed by atoms with van der Waals surface area (Å²) in [5, 5.41) is 3.10. The van der Waals surface area contributed by atoms with Gasteiger partial charge >= 0.3 is 0 Å². The summed E-state index contributed by atoms with van der Waals surface area (Å²) in [4.78, 5) is 14.7. The van der Waals surface area contributed by atoms with Crippen LogP contribution in [0.3, 0.4) is 0 Å². The van der Waals surface area contributed by atoms with Crippen molar-refractivity contribution in [3.05, 3.63) is 17.7 Å². The zero-order chi connectivity index (χ0) is 18.6. The fourth-order valence-electron chi connectivity index (χ4n) is 3.08. The average Bonchev–Trinajstić information content (AvgIpc) is 3.00. The zero-order valence-electron chi connectivity index (χ0n) is 15.0. The van der Waals surface area contributed by atoms with Gasteiger partial charge in [-0.15, -0.1) is 0 Å². The molecule has 140 valence electrons. The normalized spacial score (nSPS) is 17.4. The summed E-state index contributed by atoms with van der Waals surface area (Å²) < 4.78 is 36.2. The number of methoxy groups -OCH3 is 2. The number of ether oxygens (including phenoxy) is 2. The summed E-state index contributed by atoms with van der Waals surface area (Å²) in [6.45, 7) is 1.39. The molecule has 0 aromatic heterocycles. The van der Waals surface area contributed by atoms with Gasteiger partial charge in [-0.3, -0.25) is 9.52 Å². The minimum Gasteiger partial charge on any atom is -0.493 e. The molecule has 1 heterocycles. The van der Waals surface area contributed by atoms with Gasteiger partial charge < -0.3 is 19.7 Å². The molecule has 1 aromatic rings. The van der Waals surface area contributed by atoms with Gasteiger partial charge in [0.15, 0.2) is 11.5 Å². The van der Waals surface area contributed by atoms with Crippen molar-refractivity contribution < 1.29 is 22.7 Å². The molecule has 25 heavy (non-hydrogen) atoms. The van der Waals surface area contributed by atoms with Crippen LogP contribution in [0.25, 0.3) is 0 Å². The van der Waals surface area contributed by atoms with E-state index >= 15 is 0 Å². The van der Waals surface area contributed by atoms with Gasteiger partial charge in [0.25, 0.3) is 5.91 Å². The standard InChI is InChI=1S/C16H25N3O5S/c1-17-10-12-6-5-7-19(12)16(20)11-8-13(18-25(4,21)22)15(24-3)14(9-11)23-2/h8-9,12,17-18H,5-7,10H2,1-4H3. The lowest BCUT2D eigenvalue weighted by Gasteiger charge is -2.25. The molecule has 0 radical (unpaired) electrons. The highest BCUT2D eigenvalue weighted by Gasteiger charge is 2.30. The van der Waals surface area contributed by atoms with E-state index in [9.17, 15) is 13.2 Å². The molecule has 0 spiro atoms. The van der Waals surface area contributed by atoms with E-state index < -0.39 is 10.0 Å². The van der Waals surface area contributed by atoms with Gasteiger partial charge in [-0.1, -0.05) is 0 Å². The summed E-state index contributed by atoms with van der Waals surface area (Å²) in [5.74, 6) is 0.372. The van der Waals surface area contributed by atoms with E-state index in [0.717, 1.165) is 19.1 Å². The SMILES string of the molecule is CNCC1CCCN1C(=O)c1cc(NS(C)(=O)=O)c(OC)c(OC)c1. The largest absolute Gasteiger partial charge is 0.493 e. The first-order valence-corrected chi connectivity index (χ1v) is 9.89. The topological polar surface area (TPSA) is 97.0 Å². The number of nitrogens with one attached hydrogen (secondary N) is 2. The molecule has 1 aromatic carbocycles. The summed E-state index contributed by atoms with van der Waals surface area (Å²) in [6.07, 6.45) is 2.92. The Kier molecular flexibility index (Phi) is 6.12. The predicted octanol–water partition coefficient (Wildman–Crippen LogP) is 0.899. The number of carbonyl (C=O) groups is 1. The number of likely N-dealkylation sites (tertiary alicyclic amines) is 1. The molecule has 9 heteroatoms. The second-order valence-electron chi connectivity index (χ2n) is 5.99. The first-order chi connectivity index (χ1) is 11.8. The van der Waals surface area contributed by atoms with Crippen molar-refractivity contribution in [1.29, 1.82) is 0 Å². The lowest BCUT2D eigenvalue weighted by Crippen LogP contribution is -2.40. The number of hydrogen-bond donors (Lipinski definition) is 2. The lowest BCUT2D eigenvalue weighted by molar-refractivity contribution is 0.0736. The van der Waals surface area contributed by atoms with Crippen LogP contribution in [0.2, 0.25) is 0 Å². The Labute approximate surface area is 148 Å². The molecule has 1 unspecified atom stereocenters. The first-order valence-electron chi connectivity index (χ1n) is 8.00. The molecule has 0 saturated carbocycles. The van der Waals surface area contributed by atoms with Crippen molar-refractivity contribution in [2.45, 2.75) is 18.9 Å². The number of nitrogens with zero attached hydrogens (tertiary/aromatic N) is 1. The Morgan fingerprint density at radius 3 is 2.60 bits per heavy atom. The zero-order valence-corrected chi connectivity index (χ0v) is 15.8. The summed E-state index contributed by atoms with van der Waals surface area (Å²) >= 11 is 0. The molecule has 1 fully saturated rings. The number of anilines is 1. The molecule has 1 amide bonds. The van der Waals surface area contributed by atoms with Gasteiger partial charge in [0.05, 0.1) is 26.2 Å². The molecule has 1 saturated heterocycles. The second kappa shape index (κ2) is 7.92. The van der Waals surface area contributed by atoms with Crippen molar-refractivity contribution in [3.8, 4) is 11.5 Å². The maximum absolute atomic E-state index is 12.9. The fraction of sp³-hybridized carbons (Fsp3) is 0.562. The molecule has 1 atom stereocenters. The van der Waals surface area contributed by atoms with Gasteiger partial charge in [-0.2, -0.15) is 0 Å². The number of amides is 1. The van der Waals surface area contributed by atoms with Crippen LogP contribution in [0.5, 0.6) is 11.5 Å². The van der Waals surface area contributed by atoms with Gasteiger partial charge in [0.2, 0.25) is 10.0 Å². The first kappa shape index (κ1) is 19.3. The van der Waals surface area contributed by atoms with E-state index in [1.807, 2.05) is 11.9 Å². The number of carbonyl (C=O) groups excluding carboxylic acids is 1. The van der Waals surface area contributed by atoms with E-state index in [1.165, 1.54) is 20.3 Å². The summed E-state index contributed by atoms with van der Waals surface area (Å²) in [6, 6.07) is 3.18. The smallest absolute Gasteiger partial charge is 0.254 e. The monoisotopic (exact) mass is 371 g/mol. The van der Waals surface area contributed by atoms with Crippen molar-refractivity contribution in [1.82, 2.24) is 10.2 Å². The van der Waals surface area contributed by atoms with E-state index in [1.54, 1.807) is 6.07 Å². The van der Waals surface area contributed by atoms with Gasteiger partial charge in [0.1, 0.15) is 0 Å². The minimum absolute atomic E-state index is 0.122. The summed E-state index contributed by atoms with van der Waals surface area (Å²) in [5.41, 5.74) is 0.531. The van der Waals surface area contributed by atoms with Crippen LogP contribution in [0.15, 0.2) is 12.1 Å². The molecule has 0 bridgehead atoms. The van der Waals surface area contributed by atoms with E-state index in [0.29, 0.717) is 24.4 Å². The predicted molar refractivity (Wildman–Crippen MR) is 96.0 cm³/mol. The van der Waals surface area contributed by atoms with E-state index in [2.05, 4.69) is 10.0 Å². The number of hydrogen-bond acceptors (Lipinski definition) is 6. The van der Waals surface area contributed by atoms with Crippen LogP contribution in [-0.2, 0) is 10.0 Å². The molecule has 1 aliphatic heterocycles. The number of sulfonamides is 1. The molecule has 0 aliphatic carbocycles. The lowest BCUT2D eigenvalue weighted by atomic mass is 10.1. The Balaban J connectivity index is 2.43. The van der Waals surface area contributed by atoms with Crippen molar-refractivity contribution >= 4 is 21.6 Å². The van der Waals surface area contributed by atoms with Gasteiger partial charge in [-0.25, -0.2) is 8.42 Å². The van der Waals surface area contributed by atoms with Gasteiger partial charge in [0, 0.05) is 24.7 Å². The maximum atomic E-state index is 12.9. The second-order valence-corrected chi connectivity index (χ2v) is 7.73. The maximum Gasteiger partial charge on any atom is 0.254 e. The minimum atomic E-state index is -3.54. The van der Waals surface area contributed by atoms with Crippen molar-refractivity contribution in [2.75, 3.05) is 45.3 Å². The molecular formula is C16H25N3O5S. The molecule has 1 aliphatic rings. The highest BCUT2D eigenvalue weighted by Crippen LogP contribution is 2.37. The van der Waals surface area contributed by atoms with E-state index in [4.69, 9.17) is 9.47 Å². The molecule has 8 nitrogen and oxygen atoms in total. The highest BCUT2D eigenvalue weighted by atomic mass is 32.2. The number of benzene rings is 1. The third kappa shape index (κ3) is 4.55. The Bertz CT molecular complexity index is 736. The Morgan fingerprint density at radius 1 is 1.32 bits per heavy atom. The number of rotatable bonds is 7. The van der Waals surface area contributed by atoms with E-state index in [-0.39, 0.29) is 23.4 Å². The third-order valence-electron chi connectivity index (χ3n) is 4.10. The Hall–Kier alpha value is -2.00. The van der Waals surface area contributed by atoms with Crippen molar-refractivity contribution in [2.24, 2.45) is 0 Å². The highest BCUT2D eigenvalue weighted by molar-refractivity contribution is 7.92. The van der Waals surface area contributed by atoms with Crippen molar-refractivity contribution in [3.63, 3.8) is 0 Å². The molecule has 2 N–H and O–H groups in total.